The fourth-order valence-corrected chi connectivity index (χ4v) is 5.68. The van der Waals surface area contributed by atoms with E-state index in [1.54, 1.807) is 25.4 Å². The van der Waals surface area contributed by atoms with Crippen LogP contribution >= 0.6 is 0 Å². The molecule has 0 saturated carbocycles. The molecule has 0 aliphatic carbocycles. The molecule has 0 bridgehead atoms. The lowest BCUT2D eigenvalue weighted by atomic mass is 9.91. The zero-order valence-electron chi connectivity index (χ0n) is 22.6. The van der Waals surface area contributed by atoms with E-state index < -0.39 is 0 Å². The summed E-state index contributed by atoms with van der Waals surface area (Å²) in [4.78, 5) is 27.5. The zero-order chi connectivity index (χ0) is 27.0. The van der Waals surface area contributed by atoms with Gasteiger partial charge in [0.05, 0.1) is 29.1 Å². The van der Waals surface area contributed by atoms with Crippen LogP contribution in [0.15, 0.2) is 48.8 Å². The first-order valence-corrected chi connectivity index (χ1v) is 12.9. The molecule has 2 aromatic heterocycles. The summed E-state index contributed by atoms with van der Waals surface area (Å²) in [6.07, 6.45) is 5.57. The highest BCUT2D eigenvalue weighted by molar-refractivity contribution is 5.79. The van der Waals surface area contributed by atoms with Gasteiger partial charge in [0.15, 0.2) is 0 Å². The summed E-state index contributed by atoms with van der Waals surface area (Å²) in [6, 6.07) is 11.5. The molecule has 2 aliphatic heterocycles. The first kappa shape index (κ1) is 25.7. The van der Waals surface area contributed by atoms with E-state index >= 15 is 0 Å². The monoisotopic (exact) mass is 517 g/mol. The lowest BCUT2D eigenvalue weighted by molar-refractivity contribution is -0.384. The predicted octanol–water partition coefficient (Wildman–Crippen LogP) is 5.10. The van der Waals surface area contributed by atoms with Crippen LogP contribution < -0.4 is 19.9 Å². The molecular formula is C28H35N7O3. The Morgan fingerprint density at radius 1 is 1.18 bits per heavy atom. The average Bonchev–Trinajstić information content (AvgIpc) is 3.45. The third-order valence-corrected chi connectivity index (χ3v) is 7.35. The molecule has 0 radical (unpaired) electrons. The van der Waals surface area contributed by atoms with Crippen molar-refractivity contribution >= 4 is 34.3 Å². The highest BCUT2D eigenvalue weighted by atomic mass is 16.6. The molecule has 1 N–H and O–H groups in total. The molecule has 1 aromatic carbocycles. The Morgan fingerprint density at radius 2 is 2.00 bits per heavy atom. The van der Waals surface area contributed by atoms with Crippen molar-refractivity contribution in [1.29, 1.82) is 0 Å². The van der Waals surface area contributed by atoms with Gasteiger partial charge < -0.3 is 24.8 Å². The molecule has 5 rings (SSSR count). The van der Waals surface area contributed by atoms with E-state index in [-0.39, 0.29) is 22.1 Å². The van der Waals surface area contributed by atoms with Crippen LogP contribution in [-0.4, -0.2) is 66.7 Å². The highest BCUT2D eigenvalue weighted by Gasteiger charge is 2.37. The Bertz CT molecular complexity index is 1340. The molecule has 3 aromatic rings. The molecule has 0 unspecified atom stereocenters. The predicted molar refractivity (Wildman–Crippen MR) is 150 cm³/mol. The summed E-state index contributed by atoms with van der Waals surface area (Å²) in [6.45, 7) is 6.78. The summed E-state index contributed by atoms with van der Waals surface area (Å²) in [5.74, 6) is 1.11. The third-order valence-electron chi connectivity index (χ3n) is 7.35. The van der Waals surface area contributed by atoms with E-state index in [4.69, 9.17) is 4.74 Å². The largest absolute Gasteiger partial charge is 0.494 e. The number of nitrogens with zero attached hydrogens (tertiary/aromatic N) is 6. The van der Waals surface area contributed by atoms with Gasteiger partial charge in [0, 0.05) is 67.4 Å². The Kier molecular flexibility index (Phi) is 6.83. The topological polar surface area (TPSA) is 99.9 Å². The zero-order valence-corrected chi connectivity index (χ0v) is 22.6. The molecule has 4 heterocycles. The molecule has 2 aliphatic rings. The summed E-state index contributed by atoms with van der Waals surface area (Å²) >= 11 is 0. The number of nitro groups is 1. The van der Waals surface area contributed by atoms with Crippen molar-refractivity contribution in [3.05, 3.63) is 64.6 Å². The number of ether oxygens (including phenoxy) is 1. The van der Waals surface area contributed by atoms with Gasteiger partial charge in [-0.25, -0.2) is 4.98 Å². The number of fused-ring (bicyclic) bond motifs is 1. The number of methoxy groups -OCH3 is 1. The first-order chi connectivity index (χ1) is 18.2. The van der Waals surface area contributed by atoms with Crippen molar-refractivity contribution in [2.45, 2.75) is 38.1 Å². The van der Waals surface area contributed by atoms with Gasteiger partial charge in [0.25, 0.3) is 5.69 Å². The van der Waals surface area contributed by atoms with Crippen LogP contribution in [0, 0.1) is 10.1 Å². The summed E-state index contributed by atoms with van der Waals surface area (Å²) in [5, 5.41) is 15.5. The van der Waals surface area contributed by atoms with Crippen LogP contribution in [0.3, 0.4) is 0 Å². The van der Waals surface area contributed by atoms with E-state index in [1.807, 2.05) is 38.5 Å². The molecule has 1 saturated heterocycles. The molecule has 1 atom stereocenters. The van der Waals surface area contributed by atoms with Gasteiger partial charge in [-0.15, -0.1) is 0 Å². The van der Waals surface area contributed by atoms with Gasteiger partial charge in [-0.1, -0.05) is 13.8 Å². The molecule has 10 heteroatoms. The molecule has 38 heavy (non-hydrogen) atoms. The van der Waals surface area contributed by atoms with Crippen molar-refractivity contribution in [3.63, 3.8) is 0 Å². The number of pyridine rings is 2. The highest BCUT2D eigenvalue weighted by Crippen LogP contribution is 2.44. The van der Waals surface area contributed by atoms with E-state index in [9.17, 15) is 10.1 Å². The number of anilines is 5. The fraction of sp³-hybridized carbons (Fsp3) is 0.429. The molecule has 200 valence electrons. The second kappa shape index (κ2) is 10.1. The molecule has 1 fully saturated rings. The Hall–Kier alpha value is -3.92. The van der Waals surface area contributed by atoms with Crippen LogP contribution in [-0.2, 0) is 5.41 Å². The van der Waals surface area contributed by atoms with E-state index in [0.717, 1.165) is 49.5 Å². The van der Waals surface area contributed by atoms with E-state index in [0.29, 0.717) is 22.9 Å². The summed E-state index contributed by atoms with van der Waals surface area (Å²) < 4.78 is 5.70. The molecule has 0 spiro atoms. The van der Waals surface area contributed by atoms with Gasteiger partial charge >= 0.3 is 0 Å². The van der Waals surface area contributed by atoms with Crippen molar-refractivity contribution in [1.82, 2.24) is 14.9 Å². The maximum absolute atomic E-state index is 12.2. The Morgan fingerprint density at radius 3 is 2.74 bits per heavy atom. The number of nitrogens with one attached hydrogen (secondary N) is 1. The minimum absolute atomic E-state index is 0.0522. The van der Waals surface area contributed by atoms with Crippen LogP contribution in [0.5, 0.6) is 5.75 Å². The minimum atomic E-state index is -0.314. The van der Waals surface area contributed by atoms with Gasteiger partial charge in [-0.05, 0) is 45.1 Å². The molecule has 0 amide bonds. The van der Waals surface area contributed by atoms with Crippen LogP contribution in [0.4, 0.5) is 34.3 Å². The van der Waals surface area contributed by atoms with Crippen LogP contribution in [0.1, 0.15) is 32.4 Å². The minimum Gasteiger partial charge on any atom is -0.494 e. The van der Waals surface area contributed by atoms with Crippen molar-refractivity contribution < 1.29 is 9.66 Å². The first-order valence-electron chi connectivity index (χ1n) is 12.9. The number of rotatable bonds is 8. The number of benzene rings is 1. The van der Waals surface area contributed by atoms with Crippen molar-refractivity contribution in [3.8, 4) is 5.75 Å². The SMILES string of the molecule is COc1cc(N2CCC[C@@H]2CN(C)C)c([N+](=O)[O-])cc1Nc1cc(N2CC(C)(C)c3ncccc32)ccn1. The van der Waals surface area contributed by atoms with Gasteiger partial charge in [-0.3, -0.25) is 15.1 Å². The second-order valence-electron chi connectivity index (χ2n) is 10.9. The molecular weight excluding hydrogens is 482 g/mol. The number of hydrogen-bond acceptors (Lipinski definition) is 9. The van der Waals surface area contributed by atoms with Gasteiger partial charge in [-0.2, -0.15) is 0 Å². The third kappa shape index (κ3) is 4.83. The normalized spacial score (nSPS) is 18.1. The summed E-state index contributed by atoms with van der Waals surface area (Å²) in [5.41, 5.74) is 4.16. The number of hydrogen-bond donors (Lipinski definition) is 1. The number of likely N-dealkylation sites (N-methyl/N-ethyl adjacent to an activating group) is 1. The standard InChI is InChI=1S/C28H35N7O3/c1-28(2)18-34(22-9-6-11-30-27(22)28)19-10-12-29-26(14-19)31-21-15-24(35(36)37)23(16-25(21)38-5)33-13-7-8-20(33)17-32(3)4/h6,9-12,14-16,20H,7-8,13,17-18H2,1-5H3,(H,29,31)/t20-/m1/s1. The maximum atomic E-state index is 12.2. The van der Waals surface area contributed by atoms with E-state index in [1.165, 1.54) is 0 Å². The van der Waals surface area contributed by atoms with Gasteiger partial charge in [0.2, 0.25) is 0 Å². The number of nitro benzene ring substituents is 1. The summed E-state index contributed by atoms with van der Waals surface area (Å²) in [7, 11) is 5.63. The Labute approximate surface area is 223 Å². The molecule has 10 nitrogen and oxygen atoms in total. The fourth-order valence-electron chi connectivity index (χ4n) is 5.68. The van der Waals surface area contributed by atoms with Crippen molar-refractivity contribution in [2.24, 2.45) is 0 Å². The maximum Gasteiger partial charge on any atom is 0.294 e. The van der Waals surface area contributed by atoms with Crippen LogP contribution in [0.25, 0.3) is 0 Å². The van der Waals surface area contributed by atoms with Gasteiger partial charge in [0.1, 0.15) is 17.3 Å². The Balaban J connectivity index is 1.47. The number of aromatic nitrogens is 2. The van der Waals surface area contributed by atoms with E-state index in [2.05, 4.69) is 49.9 Å². The van der Waals surface area contributed by atoms with Crippen molar-refractivity contribution in [2.75, 3.05) is 56.0 Å². The lowest BCUT2D eigenvalue weighted by Gasteiger charge is -2.29. The lowest BCUT2D eigenvalue weighted by Crippen LogP contribution is -2.37. The second-order valence-corrected chi connectivity index (χ2v) is 10.9. The average molecular weight is 518 g/mol. The van der Waals surface area contributed by atoms with Crippen LogP contribution in [0.2, 0.25) is 0 Å². The smallest absolute Gasteiger partial charge is 0.294 e. The quantitative estimate of drug-likeness (QED) is 0.323.